The molecule has 0 heterocycles. The highest BCUT2D eigenvalue weighted by Gasteiger charge is 2.27. The Balaban J connectivity index is 3.73. The van der Waals surface area contributed by atoms with Crippen molar-refractivity contribution in [1.29, 1.82) is 0 Å². The number of nitrogens with zero attached hydrogens (tertiary/aromatic N) is 1. The van der Waals surface area contributed by atoms with Crippen LogP contribution >= 0.6 is 0 Å². The number of ether oxygens (including phenoxy) is 1. The van der Waals surface area contributed by atoms with Gasteiger partial charge in [-0.1, -0.05) is 96.8 Å². The number of aliphatic hydroxyl groups is 1. The van der Waals surface area contributed by atoms with E-state index in [0.717, 1.165) is 19.3 Å². The molecule has 0 saturated carbocycles. The van der Waals surface area contributed by atoms with Crippen LogP contribution in [0.5, 0.6) is 0 Å². The second-order valence-corrected chi connectivity index (χ2v) is 10.0. The van der Waals surface area contributed by atoms with Crippen molar-refractivity contribution in [3.8, 4) is 0 Å². The molecule has 0 spiro atoms. The van der Waals surface area contributed by atoms with Gasteiger partial charge in [-0.2, -0.15) is 0 Å². The summed E-state index contributed by atoms with van der Waals surface area (Å²) in [4.78, 5) is 23.1. The van der Waals surface area contributed by atoms with E-state index in [2.05, 4.69) is 6.92 Å². The molecule has 2 N–H and O–H groups in total. The van der Waals surface area contributed by atoms with Crippen molar-refractivity contribution in [3.63, 3.8) is 0 Å². The molecule has 0 rings (SSSR count). The quantitative estimate of drug-likeness (QED) is 0.142. The molecule has 184 valence electrons. The Kier molecular flexibility index (Phi) is 17.8. The Morgan fingerprint density at radius 3 is 1.58 bits per heavy atom. The largest absolute Gasteiger partial charge is 0.481 e. The van der Waals surface area contributed by atoms with E-state index in [1.165, 1.54) is 70.6 Å². The molecule has 0 aromatic rings. The van der Waals surface area contributed by atoms with Gasteiger partial charge in [0.2, 0.25) is 0 Å². The van der Waals surface area contributed by atoms with Gasteiger partial charge in [0.05, 0.1) is 27.6 Å². The number of carboxylic acid groups (broad SMARTS) is 1. The second-order valence-electron chi connectivity index (χ2n) is 10.0. The van der Waals surface area contributed by atoms with Crippen LogP contribution in [0, 0.1) is 0 Å². The van der Waals surface area contributed by atoms with Crippen LogP contribution in [0.15, 0.2) is 0 Å². The van der Waals surface area contributed by atoms with Crippen molar-refractivity contribution in [2.45, 2.75) is 122 Å². The summed E-state index contributed by atoms with van der Waals surface area (Å²) in [5.41, 5.74) is 0. The Bertz CT molecular complexity index is 461. The number of carboxylic acids is 1. The molecule has 0 aliphatic carbocycles. The normalized spacial score (nSPS) is 13.7. The number of carbonyl (C=O) groups excluding carboxylic acids is 1. The highest BCUT2D eigenvalue weighted by atomic mass is 16.6. The standard InChI is InChI=1S/C25H49NO5/c1-5-6-7-8-9-10-11-12-13-14-15-16-17-18-19-23(27)25(30)31-22(20-24(28)29)21-26(2,3)4/h22-23,27H,5-21H2,1-4H3/p+1. The van der Waals surface area contributed by atoms with E-state index in [9.17, 15) is 14.7 Å². The van der Waals surface area contributed by atoms with Crippen molar-refractivity contribution in [2.24, 2.45) is 0 Å². The summed E-state index contributed by atoms with van der Waals surface area (Å²) in [6.45, 7) is 2.65. The summed E-state index contributed by atoms with van der Waals surface area (Å²) in [5, 5.41) is 19.1. The van der Waals surface area contributed by atoms with Crippen LogP contribution < -0.4 is 0 Å². The zero-order chi connectivity index (χ0) is 23.5. The smallest absolute Gasteiger partial charge is 0.335 e. The highest BCUT2D eigenvalue weighted by molar-refractivity contribution is 5.75. The monoisotopic (exact) mass is 444 g/mol. The molecule has 0 saturated heterocycles. The number of quaternary nitrogens is 1. The lowest BCUT2D eigenvalue weighted by Crippen LogP contribution is -2.44. The molecule has 0 fully saturated rings. The molecule has 0 aromatic heterocycles. The Morgan fingerprint density at radius 1 is 0.774 bits per heavy atom. The van der Waals surface area contributed by atoms with Gasteiger partial charge in [0.1, 0.15) is 6.54 Å². The van der Waals surface area contributed by atoms with E-state index in [4.69, 9.17) is 9.84 Å². The zero-order valence-corrected chi connectivity index (χ0v) is 20.7. The van der Waals surface area contributed by atoms with Crippen LogP contribution in [-0.4, -0.2) is 66.5 Å². The summed E-state index contributed by atoms with van der Waals surface area (Å²) < 4.78 is 5.77. The summed E-state index contributed by atoms with van der Waals surface area (Å²) in [7, 11) is 5.73. The van der Waals surface area contributed by atoms with Crippen LogP contribution in [0.1, 0.15) is 110 Å². The maximum Gasteiger partial charge on any atom is 0.335 e. The molecule has 2 unspecified atom stereocenters. The van der Waals surface area contributed by atoms with Gasteiger partial charge in [0, 0.05) is 0 Å². The molecule has 2 atom stereocenters. The Morgan fingerprint density at radius 2 is 1.19 bits per heavy atom. The first-order valence-electron chi connectivity index (χ1n) is 12.6. The van der Waals surface area contributed by atoms with E-state index in [0.29, 0.717) is 17.4 Å². The number of unbranched alkanes of at least 4 members (excludes halogenated alkanes) is 13. The van der Waals surface area contributed by atoms with E-state index in [1.54, 1.807) is 0 Å². The number of rotatable bonds is 21. The van der Waals surface area contributed by atoms with E-state index < -0.39 is 24.1 Å². The minimum absolute atomic E-state index is 0.243. The lowest BCUT2D eigenvalue weighted by Gasteiger charge is -2.28. The van der Waals surface area contributed by atoms with Crippen LogP contribution in [0.25, 0.3) is 0 Å². The molecular weight excluding hydrogens is 394 g/mol. The fraction of sp³-hybridized carbons (Fsp3) is 0.920. The third-order valence-corrected chi connectivity index (χ3v) is 5.54. The molecule has 0 aliphatic rings. The molecule has 0 amide bonds. The van der Waals surface area contributed by atoms with Crippen molar-refractivity contribution in [2.75, 3.05) is 27.7 Å². The van der Waals surface area contributed by atoms with Gasteiger partial charge >= 0.3 is 11.9 Å². The maximum atomic E-state index is 12.1. The maximum absolute atomic E-state index is 12.1. The van der Waals surface area contributed by atoms with Crippen LogP contribution in [-0.2, 0) is 14.3 Å². The summed E-state index contributed by atoms with van der Waals surface area (Å²) in [6.07, 6.45) is 15.9. The van der Waals surface area contributed by atoms with E-state index in [-0.39, 0.29) is 6.42 Å². The zero-order valence-electron chi connectivity index (χ0n) is 20.7. The van der Waals surface area contributed by atoms with Gasteiger partial charge < -0.3 is 19.4 Å². The highest BCUT2D eigenvalue weighted by Crippen LogP contribution is 2.14. The molecule has 0 aliphatic heterocycles. The number of carbonyl (C=O) groups is 2. The molecular formula is C25H50NO5+. The Labute approximate surface area is 190 Å². The minimum Gasteiger partial charge on any atom is -0.481 e. The van der Waals surface area contributed by atoms with E-state index >= 15 is 0 Å². The van der Waals surface area contributed by atoms with Crippen LogP contribution in [0.4, 0.5) is 0 Å². The van der Waals surface area contributed by atoms with Crippen LogP contribution in [0.3, 0.4) is 0 Å². The summed E-state index contributed by atoms with van der Waals surface area (Å²) >= 11 is 0. The molecule has 6 heteroatoms. The fourth-order valence-corrected chi connectivity index (χ4v) is 3.84. The third kappa shape index (κ3) is 20.5. The van der Waals surface area contributed by atoms with Crippen molar-refractivity contribution < 1.29 is 29.0 Å². The van der Waals surface area contributed by atoms with Gasteiger partial charge in [0.25, 0.3) is 0 Å². The predicted octanol–water partition coefficient (Wildman–Crippen LogP) is 5.31. The number of likely N-dealkylation sites (N-methyl/N-ethyl adjacent to an activating group) is 1. The van der Waals surface area contributed by atoms with E-state index in [1.807, 2.05) is 21.1 Å². The first kappa shape index (κ1) is 29.9. The predicted molar refractivity (Wildman–Crippen MR) is 126 cm³/mol. The minimum atomic E-state index is -1.17. The molecule has 0 bridgehead atoms. The van der Waals surface area contributed by atoms with Gasteiger partial charge in [-0.3, -0.25) is 4.79 Å². The molecule has 6 nitrogen and oxygen atoms in total. The summed E-state index contributed by atoms with van der Waals surface area (Å²) in [6, 6.07) is 0. The lowest BCUT2D eigenvalue weighted by atomic mass is 10.0. The summed E-state index contributed by atoms with van der Waals surface area (Å²) in [5.74, 6) is -1.71. The molecule has 31 heavy (non-hydrogen) atoms. The second kappa shape index (κ2) is 18.4. The molecule has 0 radical (unpaired) electrons. The number of hydrogen-bond donors (Lipinski definition) is 2. The number of aliphatic carboxylic acids is 1. The average molecular weight is 445 g/mol. The van der Waals surface area contributed by atoms with Gasteiger partial charge in [-0.05, 0) is 6.42 Å². The third-order valence-electron chi connectivity index (χ3n) is 5.54. The van der Waals surface area contributed by atoms with Crippen molar-refractivity contribution in [1.82, 2.24) is 0 Å². The number of esters is 1. The average Bonchev–Trinajstić information content (AvgIpc) is 2.66. The van der Waals surface area contributed by atoms with Gasteiger partial charge in [0.15, 0.2) is 12.2 Å². The Hall–Kier alpha value is -1.14. The van der Waals surface area contributed by atoms with Crippen LogP contribution in [0.2, 0.25) is 0 Å². The molecule has 0 aromatic carbocycles. The topological polar surface area (TPSA) is 83.8 Å². The lowest BCUT2D eigenvalue weighted by molar-refractivity contribution is -0.873. The fourth-order valence-electron chi connectivity index (χ4n) is 3.84. The number of aliphatic hydroxyl groups excluding tert-OH is 1. The SMILES string of the molecule is CCCCCCCCCCCCCCCCC(O)C(=O)OC(CC(=O)O)C[N+](C)(C)C. The van der Waals surface area contributed by atoms with Gasteiger partial charge in [-0.15, -0.1) is 0 Å². The van der Waals surface area contributed by atoms with Crippen molar-refractivity contribution in [3.05, 3.63) is 0 Å². The first-order chi connectivity index (χ1) is 14.7. The van der Waals surface area contributed by atoms with Crippen molar-refractivity contribution >= 4 is 11.9 Å². The first-order valence-corrected chi connectivity index (χ1v) is 12.6. The van der Waals surface area contributed by atoms with Gasteiger partial charge in [-0.25, -0.2) is 4.79 Å². The number of hydrogen-bond acceptors (Lipinski definition) is 4.